The Bertz CT molecular complexity index is 535. The Morgan fingerprint density at radius 1 is 0.833 bits per heavy atom. The van der Waals surface area contributed by atoms with E-state index in [0.717, 1.165) is 24.0 Å². The predicted octanol–water partition coefficient (Wildman–Crippen LogP) is 5.83. The molecule has 2 aromatic rings. The minimum absolute atomic E-state index is 0.582. The number of rotatable bonds is 4. The standard InChI is InChI=1S/C15H13Cl3/c16-8-2-4-11-3-1-5-12(9-11)13-6-7-14(17)15(18)10-13/h1,3,5-7,9-10H,2,4,8H2. The maximum atomic E-state index is 6.04. The van der Waals surface area contributed by atoms with Crippen LogP contribution in [0.5, 0.6) is 0 Å². The van der Waals surface area contributed by atoms with E-state index in [1.54, 1.807) is 0 Å². The summed E-state index contributed by atoms with van der Waals surface area (Å²) in [6.45, 7) is 0. The van der Waals surface area contributed by atoms with Crippen LogP contribution in [0.4, 0.5) is 0 Å². The second-order valence-corrected chi connectivity index (χ2v) is 5.31. The molecule has 94 valence electrons. The molecule has 0 aromatic heterocycles. The molecule has 0 atom stereocenters. The molecule has 0 amide bonds. The summed E-state index contributed by atoms with van der Waals surface area (Å²) < 4.78 is 0. The summed E-state index contributed by atoms with van der Waals surface area (Å²) in [7, 11) is 0. The molecule has 0 nitrogen and oxygen atoms in total. The highest BCUT2D eigenvalue weighted by Gasteiger charge is 2.03. The molecule has 0 aliphatic rings. The molecule has 0 radical (unpaired) electrons. The molecule has 2 aromatic carbocycles. The highest BCUT2D eigenvalue weighted by atomic mass is 35.5. The Balaban J connectivity index is 2.29. The van der Waals surface area contributed by atoms with Gasteiger partial charge in [-0.3, -0.25) is 0 Å². The van der Waals surface area contributed by atoms with Crippen molar-refractivity contribution in [3.05, 3.63) is 58.1 Å². The zero-order chi connectivity index (χ0) is 13.0. The fourth-order valence-electron chi connectivity index (χ4n) is 1.85. The molecule has 2 rings (SSSR count). The third kappa shape index (κ3) is 3.41. The lowest BCUT2D eigenvalue weighted by atomic mass is 10.0. The van der Waals surface area contributed by atoms with E-state index in [9.17, 15) is 0 Å². The van der Waals surface area contributed by atoms with Gasteiger partial charge >= 0.3 is 0 Å². The van der Waals surface area contributed by atoms with E-state index in [4.69, 9.17) is 34.8 Å². The molecule has 0 bridgehead atoms. The normalized spacial score (nSPS) is 10.6. The summed E-state index contributed by atoms with van der Waals surface area (Å²) in [4.78, 5) is 0. The Morgan fingerprint density at radius 3 is 2.33 bits per heavy atom. The molecule has 0 aliphatic heterocycles. The smallest absolute Gasteiger partial charge is 0.0598 e. The highest BCUT2D eigenvalue weighted by molar-refractivity contribution is 6.42. The van der Waals surface area contributed by atoms with Crippen molar-refractivity contribution >= 4 is 34.8 Å². The van der Waals surface area contributed by atoms with E-state index in [2.05, 4.69) is 24.3 Å². The molecule has 0 unspecified atom stereocenters. The maximum Gasteiger partial charge on any atom is 0.0598 e. The molecule has 3 heteroatoms. The molecule has 0 aliphatic carbocycles. The van der Waals surface area contributed by atoms with Gasteiger partial charge in [0.05, 0.1) is 10.0 Å². The first-order chi connectivity index (χ1) is 8.70. The van der Waals surface area contributed by atoms with E-state index in [0.29, 0.717) is 15.9 Å². The Labute approximate surface area is 122 Å². The number of benzene rings is 2. The van der Waals surface area contributed by atoms with Gasteiger partial charge in [-0.1, -0.05) is 53.5 Å². The SMILES string of the molecule is ClCCCc1cccc(-c2ccc(Cl)c(Cl)c2)c1. The molecule has 0 fully saturated rings. The van der Waals surface area contributed by atoms with Crippen LogP contribution in [-0.2, 0) is 6.42 Å². The molecular formula is C15H13Cl3. The number of halogens is 3. The summed E-state index contributed by atoms with van der Waals surface area (Å²) in [5.41, 5.74) is 3.52. The van der Waals surface area contributed by atoms with Gasteiger partial charge in [0.25, 0.3) is 0 Å². The van der Waals surface area contributed by atoms with E-state index in [1.165, 1.54) is 5.56 Å². The zero-order valence-electron chi connectivity index (χ0n) is 9.80. The van der Waals surface area contributed by atoms with Gasteiger partial charge in [0, 0.05) is 5.88 Å². The van der Waals surface area contributed by atoms with E-state index >= 15 is 0 Å². The first-order valence-corrected chi connectivity index (χ1v) is 7.10. The van der Waals surface area contributed by atoms with Crippen molar-refractivity contribution in [2.45, 2.75) is 12.8 Å². The number of alkyl halides is 1. The van der Waals surface area contributed by atoms with Crippen molar-refractivity contribution in [2.24, 2.45) is 0 Å². The van der Waals surface area contributed by atoms with Crippen molar-refractivity contribution in [3.8, 4) is 11.1 Å². The summed E-state index contributed by atoms with van der Waals surface area (Å²) in [5.74, 6) is 0.691. The van der Waals surface area contributed by atoms with Gasteiger partial charge in [-0.2, -0.15) is 0 Å². The third-order valence-corrected chi connectivity index (χ3v) is 3.79. The Morgan fingerprint density at radius 2 is 1.61 bits per heavy atom. The molecule has 0 heterocycles. The van der Waals surface area contributed by atoms with Crippen LogP contribution in [0.15, 0.2) is 42.5 Å². The summed E-state index contributed by atoms with van der Waals surface area (Å²) in [6.07, 6.45) is 1.99. The van der Waals surface area contributed by atoms with Crippen LogP contribution in [-0.4, -0.2) is 5.88 Å². The molecule has 0 N–H and O–H groups in total. The monoisotopic (exact) mass is 298 g/mol. The minimum Gasteiger partial charge on any atom is -0.127 e. The fourth-order valence-corrected chi connectivity index (χ4v) is 2.28. The minimum atomic E-state index is 0.582. The average molecular weight is 300 g/mol. The number of hydrogen-bond donors (Lipinski definition) is 0. The van der Waals surface area contributed by atoms with Crippen LogP contribution >= 0.6 is 34.8 Å². The van der Waals surface area contributed by atoms with Crippen molar-refractivity contribution in [3.63, 3.8) is 0 Å². The van der Waals surface area contributed by atoms with Gasteiger partial charge in [-0.25, -0.2) is 0 Å². The van der Waals surface area contributed by atoms with Crippen molar-refractivity contribution in [1.29, 1.82) is 0 Å². The van der Waals surface area contributed by atoms with Gasteiger partial charge in [0.1, 0.15) is 0 Å². The molecule has 0 spiro atoms. The average Bonchev–Trinajstić information content (AvgIpc) is 2.40. The first-order valence-electron chi connectivity index (χ1n) is 5.81. The largest absolute Gasteiger partial charge is 0.127 e. The van der Waals surface area contributed by atoms with Crippen LogP contribution in [0, 0.1) is 0 Å². The van der Waals surface area contributed by atoms with Crippen molar-refractivity contribution < 1.29 is 0 Å². The fraction of sp³-hybridized carbons (Fsp3) is 0.200. The van der Waals surface area contributed by atoms with Gasteiger partial charge in [-0.15, -0.1) is 11.6 Å². The zero-order valence-corrected chi connectivity index (χ0v) is 12.1. The van der Waals surface area contributed by atoms with Crippen LogP contribution in [0.3, 0.4) is 0 Å². The quantitative estimate of drug-likeness (QED) is 0.623. The Kier molecular flexibility index (Phi) is 4.94. The van der Waals surface area contributed by atoms with Crippen molar-refractivity contribution in [2.75, 3.05) is 5.88 Å². The van der Waals surface area contributed by atoms with Crippen molar-refractivity contribution in [1.82, 2.24) is 0 Å². The van der Waals surface area contributed by atoms with Gasteiger partial charge in [0.15, 0.2) is 0 Å². The van der Waals surface area contributed by atoms with E-state index in [1.807, 2.05) is 18.2 Å². The van der Waals surface area contributed by atoms with Crippen LogP contribution in [0.1, 0.15) is 12.0 Å². The molecular weight excluding hydrogens is 287 g/mol. The highest BCUT2D eigenvalue weighted by Crippen LogP contribution is 2.29. The van der Waals surface area contributed by atoms with Crippen LogP contribution in [0.25, 0.3) is 11.1 Å². The lowest BCUT2D eigenvalue weighted by Crippen LogP contribution is -1.87. The molecule has 0 saturated heterocycles. The predicted molar refractivity (Wildman–Crippen MR) is 80.9 cm³/mol. The topological polar surface area (TPSA) is 0 Å². The number of aryl methyl sites for hydroxylation is 1. The summed E-state index contributed by atoms with van der Waals surface area (Å²) in [5, 5.41) is 1.17. The lowest BCUT2D eigenvalue weighted by molar-refractivity contribution is 0.929. The molecule has 0 saturated carbocycles. The van der Waals surface area contributed by atoms with Gasteiger partial charge in [0.2, 0.25) is 0 Å². The van der Waals surface area contributed by atoms with Crippen LogP contribution < -0.4 is 0 Å². The van der Waals surface area contributed by atoms with Gasteiger partial charge in [-0.05, 0) is 41.7 Å². The first kappa shape index (κ1) is 13.7. The lowest BCUT2D eigenvalue weighted by Gasteiger charge is -2.06. The molecule has 18 heavy (non-hydrogen) atoms. The maximum absolute atomic E-state index is 6.04. The second kappa shape index (κ2) is 6.47. The number of hydrogen-bond acceptors (Lipinski definition) is 0. The summed E-state index contributed by atoms with van der Waals surface area (Å²) >= 11 is 17.7. The third-order valence-electron chi connectivity index (χ3n) is 2.78. The summed E-state index contributed by atoms with van der Waals surface area (Å²) in [6, 6.07) is 14.1. The van der Waals surface area contributed by atoms with Crippen LogP contribution in [0.2, 0.25) is 10.0 Å². The van der Waals surface area contributed by atoms with E-state index in [-0.39, 0.29) is 0 Å². The van der Waals surface area contributed by atoms with E-state index < -0.39 is 0 Å². The second-order valence-electron chi connectivity index (χ2n) is 4.12. The van der Waals surface area contributed by atoms with Gasteiger partial charge < -0.3 is 0 Å². The Hall–Kier alpha value is -0.690.